The second kappa shape index (κ2) is 3.34. The molecule has 0 aromatic heterocycles. The van der Waals surface area contributed by atoms with Gasteiger partial charge < -0.3 is 9.90 Å². The molecule has 1 aromatic carbocycles. The number of phenolic OH excluding ortho intramolecular Hbond substituents is 1. The molecular formula is C10H10O4S. The molecule has 0 radical (unpaired) electrons. The third-order valence-corrected chi connectivity index (χ3v) is 4.45. The number of carbonyl (C=O) groups excluding carboxylic acids is 1. The molecule has 0 spiro atoms. The minimum atomic E-state index is -3.26. The van der Waals surface area contributed by atoms with Crippen molar-refractivity contribution in [1.82, 2.24) is 0 Å². The van der Waals surface area contributed by atoms with Crippen LogP contribution in [0.2, 0.25) is 0 Å². The van der Waals surface area contributed by atoms with Crippen LogP contribution in [0.4, 0.5) is 0 Å². The maximum atomic E-state index is 11.7. The van der Waals surface area contributed by atoms with Gasteiger partial charge in [0.05, 0.1) is 10.6 Å². The number of carbonyl (C=O) groups is 1. The Morgan fingerprint density at radius 2 is 2.20 bits per heavy atom. The van der Waals surface area contributed by atoms with E-state index in [1.807, 2.05) is 0 Å². The first-order valence-corrected chi connectivity index (χ1v) is 6.19. The maximum Gasteiger partial charge on any atom is 0.179 e. The van der Waals surface area contributed by atoms with Crippen LogP contribution in [0.3, 0.4) is 0 Å². The highest BCUT2D eigenvalue weighted by molar-refractivity contribution is 7.91. The first kappa shape index (κ1) is 10.2. The number of hydrogen-bond donors (Lipinski definition) is 1. The van der Waals surface area contributed by atoms with E-state index < -0.39 is 9.84 Å². The van der Waals surface area contributed by atoms with E-state index in [9.17, 15) is 18.3 Å². The summed E-state index contributed by atoms with van der Waals surface area (Å²) < 4.78 is 23.3. The number of aromatic hydroxyl groups is 1. The Bertz CT molecular complexity index is 504. The third-order valence-electron chi connectivity index (χ3n) is 2.57. The van der Waals surface area contributed by atoms with Crippen LogP contribution in [0.5, 0.6) is 5.75 Å². The smallest absolute Gasteiger partial charge is 0.179 e. The van der Waals surface area contributed by atoms with E-state index in [2.05, 4.69) is 0 Å². The summed E-state index contributed by atoms with van der Waals surface area (Å²) in [5.74, 6) is -0.318. The maximum absolute atomic E-state index is 11.7. The second-order valence-electron chi connectivity index (χ2n) is 3.60. The Kier molecular flexibility index (Phi) is 2.26. The molecule has 1 N–H and O–H groups in total. The zero-order valence-corrected chi connectivity index (χ0v) is 8.70. The van der Waals surface area contributed by atoms with Crippen molar-refractivity contribution in [3.8, 4) is 5.75 Å². The summed E-state index contributed by atoms with van der Waals surface area (Å²) in [5, 5.41) is 9.27. The van der Waals surface area contributed by atoms with Crippen LogP contribution in [0.1, 0.15) is 17.9 Å². The molecule has 0 bridgehead atoms. The lowest BCUT2D eigenvalue weighted by atomic mass is 9.98. The largest absolute Gasteiger partial charge is 0.508 e. The van der Waals surface area contributed by atoms with Crippen molar-refractivity contribution in [1.29, 1.82) is 0 Å². The van der Waals surface area contributed by atoms with Gasteiger partial charge in [-0.15, -0.1) is 0 Å². The van der Waals surface area contributed by atoms with Gasteiger partial charge in [-0.05, 0) is 23.8 Å². The van der Waals surface area contributed by atoms with Crippen molar-refractivity contribution in [2.75, 3.05) is 5.75 Å². The fourth-order valence-electron chi connectivity index (χ4n) is 1.89. The summed E-state index contributed by atoms with van der Waals surface area (Å²) in [7, 11) is -3.26. The SMILES string of the molecule is O=CCC1CS(=O)(=O)c2ccc(O)cc21. The van der Waals surface area contributed by atoms with E-state index in [1.54, 1.807) is 0 Å². The molecule has 0 saturated carbocycles. The molecule has 0 saturated heterocycles. The van der Waals surface area contributed by atoms with E-state index in [4.69, 9.17) is 0 Å². The number of rotatable bonds is 2. The van der Waals surface area contributed by atoms with Crippen molar-refractivity contribution in [3.05, 3.63) is 23.8 Å². The number of hydrogen-bond acceptors (Lipinski definition) is 4. The van der Waals surface area contributed by atoms with Gasteiger partial charge in [-0.2, -0.15) is 0 Å². The summed E-state index contributed by atoms with van der Waals surface area (Å²) in [6.07, 6.45) is 0.884. The Morgan fingerprint density at radius 3 is 2.87 bits per heavy atom. The quantitative estimate of drug-likeness (QED) is 0.759. The van der Waals surface area contributed by atoms with Crippen LogP contribution < -0.4 is 0 Å². The number of fused-ring (bicyclic) bond motifs is 1. The Balaban J connectivity index is 2.58. The molecule has 2 rings (SSSR count). The molecule has 1 aliphatic rings. The highest BCUT2D eigenvalue weighted by atomic mass is 32.2. The number of benzene rings is 1. The predicted molar refractivity (Wildman–Crippen MR) is 53.6 cm³/mol. The van der Waals surface area contributed by atoms with Gasteiger partial charge in [-0.25, -0.2) is 8.42 Å². The van der Waals surface area contributed by atoms with Crippen LogP contribution in [-0.4, -0.2) is 25.6 Å². The Hall–Kier alpha value is -1.36. The molecule has 4 nitrogen and oxygen atoms in total. The first-order chi connectivity index (χ1) is 7.04. The number of aldehydes is 1. The van der Waals surface area contributed by atoms with Crippen molar-refractivity contribution in [3.63, 3.8) is 0 Å². The van der Waals surface area contributed by atoms with Gasteiger partial charge in [-0.3, -0.25) is 0 Å². The molecule has 1 heterocycles. The summed E-state index contributed by atoms with van der Waals surface area (Å²) in [6.45, 7) is 0. The van der Waals surface area contributed by atoms with Gasteiger partial charge in [0.2, 0.25) is 0 Å². The molecule has 0 fully saturated rings. The van der Waals surface area contributed by atoms with Gasteiger partial charge in [0.1, 0.15) is 12.0 Å². The molecule has 80 valence electrons. The van der Waals surface area contributed by atoms with Gasteiger partial charge in [0, 0.05) is 12.3 Å². The average molecular weight is 226 g/mol. The molecule has 1 unspecified atom stereocenters. The Morgan fingerprint density at radius 1 is 1.47 bits per heavy atom. The molecule has 1 aliphatic heterocycles. The van der Waals surface area contributed by atoms with Crippen molar-refractivity contribution in [2.45, 2.75) is 17.2 Å². The van der Waals surface area contributed by atoms with Crippen LogP contribution in [-0.2, 0) is 14.6 Å². The molecule has 0 aliphatic carbocycles. The summed E-state index contributed by atoms with van der Waals surface area (Å²) in [5.41, 5.74) is 0.558. The lowest BCUT2D eigenvalue weighted by Crippen LogP contribution is -2.03. The van der Waals surface area contributed by atoms with Gasteiger partial charge in [0.15, 0.2) is 9.84 Å². The van der Waals surface area contributed by atoms with E-state index in [0.29, 0.717) is 11.8 Å². The summed E-state index contributed by atoms with van der Waals surface area (Å²) in [4.78, 5) is 10.7. The van der Waals surface area contributed by atoms with Crippen LogP contribution in [0.25, 0.3) is 0 Å². The van der Waals surface area contributed by atoms with E-state index in [-0.39, 0.29) is 28.7 Å². The summed E-state index contributed by atoms with van der Waals surface area (Å²) in [6, 6.07) is 4.17. The zero-order valence-electron chi connectivity index (χ0n) is 7.88. The van der Waals surface area contributed by atoms with Crippen LogP contribution in [0, 0.1) is 0 Å². The standard InChI is InChI=1S/C10H10O4S/c11-4-3-7-6-15(13,14)10-2-1-8(12)5-9(7)10/h1-2,4-5,7,12H,3,6H2. The van der Waals surface area contributed by atoms with Gasteiger partial charge in [0.25, 0.3) is 0 Å². The third kappa shape index (κ3) is 1.63. The molecule has 1 atom stereocenters. The summed E-state index contributed by atoms with van der Waals surface area (Å²) >= 11 is 0. The Labute approximate surface area is 87.5 Å². The van der Waals surface area contributed by atoms with Crippen LogP contribution in [0.15, 0.2) is 23.1 Å². The lowest BCUT2D eigenvalue weighted by molar-refractivity contribution is -0.108. The van der Waals surface area contributed by atoms with E-state index in [1.165, 1.54) is 18.2 Å². The van der Waals surface area contributed by atoms with Crippen LogP contribution >= 0.6 is 0 Å². The molecular weight excluding hydrogens is 216 g/mol. The molecule has 5 heteroatoms. The van der Waals surface area contributed by atoms with Gasteiger partial charge in [-0.1, -0.05) is 0 Å². The molecule has 1 aromatic rings. The highest BCUT2D eigenvalue weighted by Crippen LogP contribution is 2.38. The fourth-order valence-corrected chi connectivity index (χ4v) is 3.78. The predicted octanol–water partition coefficient (Wildman–Crippen LogP) is 0.852. The normalized spacial score (nSPS) is 22.3. The van der Waals surface area contributed by atoms with Crippen molar-refractivity contribution >= 4 is 16.1 Å². The zero-order chi connectivity index (χ0) is 11.1. The topological polar surface area (TPSA) is 71.4 Å². The van der Waals surface area contributed by atoms with Crippen molar-refractivity contribution < 1.29 is 18.3 Å². The fraction of sp³-hybridized carbons (Fsp3) is 0.300. The monoisotopic (exact) mass is 226 g/mol. The number of phenols is 1. The molecule has 0 amide bonds. The number of sulfone groups is 1. The van der Waals surface area contributed by atoms with Gasteiger partial charge >= 0.3 is 0 Å². The highest BCUT2D eigenvalue weighted by Gasteiger charge is 2.34. The first-order valence-electron chi connectivity index (χ1n) is 4.54. The average Bonchev–Trinajstić information content (AvgIpc) is 2.39. The van der Waals surface area contributed by atoms with Crippen molar-refractivity contribution in [2.24, 2.45) is 0 Å². The second-order valence-corrected chi connectivity index (χ2v) is 5.61. The minimum Gasteiger partial charge on any atom is -0.508 e. The lowest BCUT2D eigenvalue weighted by Gasteiger charge is -2.04. The van der Waals surface area contributed by atoms with E-state index in [0.717, 1.165) is 0 Å². The molecule has 15 heavy (non-hydrogen) atoms. The van der Waals surface area contributed by atoms with E-state index >= 15 is 0 Å². The minimum absolute atomic E-state index is 0.0294.